The van der Waals surface area contributed by atoms with E-state index in [1.807, 2.05) is 36.5 Å². The average Bonchev–Trinajstić information content (AvgIpc) is 3.44. The summed E-state index contributed by atoms with van der Waals surface area (Å²) in [5.41, 5.74) is 11.8. The molecule has 1 aliphatic rings. The van der Waals surface area contributed by atoms with Crippen LogP contribution in [0.5, 0.6) is 0 Å². The molecule has 0 saturated heterocycles. The van der Waals surface area contributed by atoms with Crippen LogP contribution in [0.3, 0.4) is 0 Å². The number of nitrogen functional groups attached to an aromatic ring is 1. The van der Waals surface area contributed by atoms with Crippen LogP contribution in [0, 0.1) is 0 Å². The number of fused-ring (bicyclic) bond motifs is 4. The molecule has 3 aromatic heterocycles. The molecule has 6 nitrogen and oxygen atoms in total. The van der Waals surface area contributed by atoms with Gasteiger partial charge in [-0.25, -0.2) is 0 Å². The van der Waals surface area contributed by atoms with E-state index in [1.165, 1.54) is 18.4 Å². The maximum atomic E-state index is 12.8. The molecule has 0 spiro atoms. The fraction of sp³-hybridized carbons (Fsp3) is 0.136. The third-order valence-electron chi connectivity index (χ3n) is 5.71. The van der Waals surface area contributed by atoms with Gasteiger partial charge >= 0.3 is 0 Å². The third kappa shape index (κ3) is 2.05. The quantitative estimate of drug-likeness (QED) is 0.409. The lowest BCUT2D eigenvalue weighted by molar-refractivity contribution is 1.12. The second kappa shape index (κ2) is 5.42. The molecule has 1 fully saturated rings. The number of anilines is 1. The Hall–Kier alpha value is -3.67. The maximum absolute atomic E-state index is 12.8. The van der Waals surface area contributed by atoms with E-state index < -0.39 is 0 Å². The van der Waals surface area contributed by atoms with Gasteiger partial charge in [0.1, 0.15) is 5.69 Å². The van der Waals surface area contributed by atoms with Crippen molar-refractivity contribution in [2.24, 2.45) is 0 Å². The number of benzene rings is 2. The lowest BCUT2D eigenvalue weighted by Gasteiger charge is -2.15. The number of rotatable bonds is 2. The van der Waals surface area contributed by atoms with Crippen molar-refractivity contribution in [3.63, 3.8) is 0 Å². The van der Waals surface area contributed by atoms with Crippen LogP contribution < -0.4 is 11.3 Å². The SMILES string of the molecule is Nc1c(-c2cccc3[nH]ncc23)c2cc(C3CC3)c3ncccc3c2[nH]c1=O. The Morgan fingerprint density at radius 3 is 2.82 bits per heavy atom. The molecule has 0 aliphatic heterocycles. The van der Waals surface area contributed by atoms with Crippen molar-refractivity contribution in [2.75, 3.05) is 5.73 Å². The maximum Gasteiger partial charge on any atom is 0.272 e. The van der Waals surface area contributed by atoms with E-state index in [2.05, 4.69) is 26.2 Å². The van der Waals surface area contributed by atoms with Gasteiger partial charge in [-0.2, -0.15) is 5.10 Å². The number of H-pyrrole nitrogens is 2. The number of hydrogen-bond donors (Lipinski definition) is 3. The molecule has 3 heterocycles. The molecule has 1 aliphatic carbocycles. The molecular weight excluding hydrogens is 350 g/mol. The molecule has 1 saturated carbocycles. The van der Waals surface area contributed by atoms with Crippen molar-refractivity contribution in [3.05, 3.63) is 64.7 Å². The summed E-state index contributed by atoms with van der Waals surface area (Å²) in [4.78, 5) is 20.4. The second-order valence-corrected chi connectivity index (χ2v) is 7.44. The van der Waals surface area contributed by atoms with Crippen LogP contribution in [0.2, 0.25) is 0 Å². The molecule has 5 aromatic rings. The van der Waals surface area contributed by atoms with Gasteiger partial charge < -0.3 is 10.7 Å². The van der Waals surface area contributed by atoms with Gasteiger partial charge in [-0.05, 0) is 54.2 Å². The summed E-state index contributed by atoms with van der Waals surface area (Å²) in [6.45, 7) is 0. The van der Waals surface area contributed by atoms with Crippen molar-refractivity contribution < 1.29 is 0 Å². The van der Waals surface area contributed by atoms with Crippen molar-refractivity contribution in [3.8, 4) is 11.1 Å². The summed E-state index contributed by atoms with van der Waals surface area (Å²) in [5, 5.41) is 10.0. The van der Waals surface area contributed by atoms with Gasteiger partial charge in [0, 0.05) is 27.9 Å². The van der Waals surface area contributed by atoms with E-state index in [1.54, 1.807) is 6.20 Å². The second-order valence-electron chi connectivity index (χ2n) is 7.44. The topological polar surface area (TPSA) is 100 Å². The minimum absolute atomic E-state index is 0.228. The van der Waals surface area contributed by atoms with Gasteiger partial charge in [0.05, 0.1) is 22.7 Å². The standard InChI is InChI=1S/C22H17N5O/c23-19-18(12-3-1-5-17-16(12)10-25-27-17)15-9-14(11-6-7-11)20-13(4-2-8-24-20)21(15)26-22(19)28/h1-5,8-11H,6-7,23H2,(H,25,27)(H,26,28). The van der Waals surface area contributed by atoms with Gasteiger partial charge in [0.2, 0.25) is 0 Å². The average molecular weight is 367 g/mol. The van der Waals surface area contributed by atoms with Crippen LogP contribution in [0.25, 0.3) is 43.8 Å². The summed E-state index contributed by atoms with van der Waals surface area (Å²) in [5.74, 6) is 0.521. The van der Waals surface area contributed by atoms with Gasteiger partial charge in [-0.1, -0.05) is 12.1 Å². The van der Waals surface area contributed by atoms with Gasteiger partial charge in [-0.15, -0.1) is 0 Å². The summed E-state index contributed by atoms with van der Waals surface area (Å²) < 4.78 is 0. The molecular formula is C22H17N5O. The van der Waals surface area contributed by atoms with Crippen LogP contribution in [-0.2, 0) is 0 Å². The van der Waals surface area contributed by atoms with E-state index in [-0.39, 0.29) is 11.2 Å². The Bertz CT molecular complexity index is 1460. The number of nitrogens with zero attached hydrogens (tertiary/aromatic N) is 2. The zero-order valence-electron chi connectivity index (χ0n) is 15.0. The first kappa shape index (κ1) is 15.4. The van der Waals surface area contributed by atoms with Crippen LogP contribution >= 0.6 is 0 Å². The van der Waals surface area contributed by atoms with Crippen LogP contribution in [0.15, 0.2) is 53.6 Å². The van der Waals surface area contributed by atoms with E-state index in [0.29, 0.717) is 5.92 Å². The predicted octanol–water partition coefficient (Wildman–Crippen LogP) is 4.08. The molecule has 0 radical (unpaired) electrons. The van der Waals surface area contributed by atoms with Crippen molar-refractivity contribution in [1.29, 1.82) is 0 Å². The number of pyridine rings is 2. The largest absolute Gasteiger partial charge is 0.394 e. The fourth-order valence-electron chi connectivity index (χ4n) is 4.23. The summed E-state index contributed by atoms with van der Waals surface area (Å²) in [6, 6.07) is 12.0. The number of aromatic amines is 2. The Morgan fingerprint density at radius 1 is 1.07 bits per heavy atom. The monoisotopic (exact) mass is 367 g/mol. The highest BCUT2D eigenvalue weighted by Crippen LogP contribution is 2.46. The van der Waals surface area contributed by atoms with Gasteiger partial charge in [-0.3, -0.25) is 14.9 Å². The molecule has 0 bridgehead atoms. The lowest BCUT2D eigenvalue weighted by atomic mass is 9.93. The lowest BCUT2D eigenvalue weighted by Crippen LogP contribution is -2.14. The molecule has 28 heavy (non-hydrogen) atoms. The molecule has 136 valence electrons. The summed E-state index contributed by atoms with van der Waals surface area (Å²) in [7, 11) is 0. The van der Waals surface area contributed by atoms with Gasteiger partial charge in [0.25, 0.3) is 5.56 Å². The number of nitrogens with one attached hydrogen (secondary N) is 2. The molecule has 0 unspecified atom stereocenters. The summed E-state index contributed by atoms with van der Waals surface area (Å²) in [6.07, 6.45) is 5.93. The molecule has 0 atom stereocenters. The number of hydrogen-bond acceptors (Lipinski definition) is 4. The fourth-order valence-corrected chi connectivity index (χ4v) is 4.23. The van der Waals surface area contributed by atoms with Crippen LogP contribution in [0.4, 0.5) is 5.69 Å². The van der Waals surface area contributed by atoms with Gasteiger partial charge in [0.15, 0.2) is 0 Å². The summed E-state index contributed by atoms with van der Waals surface area (Å²) >= 11 is 0. The molecule has 4 N–H and O–H groups in total. The minimum atomic E-state index is -0.285. The zero-order valence-corrected chi connectivity index (χ0v) is 15.0. The third-order valence-corrected chi connectivity index (χ3v) is 5.71. The van der Waals surface area contributed by atoms with Crippen LogP contribution in [0.1, 0.15) is 24.3 Å². The van der Waals surface area contributed by atoms with E-state index in [4.69, 9.17) is 5.73 Å². The molecule has 6 heteroatoms. The van der Waals surface area contributed by atoms with Crippen molar-refractivity contribution >= 4 is 38.4 Å². The highest BCUT2D eigenvalue weighted by Gasteiger charge is 2.28. The molecule has 6 rings (SSSR count). The van der Waals surface area contributed by atoms with E-state index >= 15 is 0 Å². The first-order valence-electron chi connectivity index (χ1n) is 9.38. The Balaban J connectivity index is 1.84. The van der Waals surface area contributed by atoms with Crippen molar-refractivity contribution in [1.82, 2.24) is 20.2 Å². The number of aromatic nitrogens is 4. The normalized spacial score (nSPS) is 14.3. The Morgan fingerprint density at radius 2 is 1.96 bits per heavy atom. The Labute approximate surface area is 159 Å². The zero-order chi connectivity index (χ0) is 18.8. The Kier molecular flexibility index (Phi) is 2.98. The van der Waals surface area contributed by atoms with Crippen LogP contribution in [-0.4, -0.2) is 20.2 Å². The highest BCUT2D eigenvalue weighted by atomic mass is 16.1. The predicted molar refractivity (Wildman–Crippen MR) is 111 cm³/mol. The molecule has 2 aromatic carbocycles. The highest BCUT2D eigenvalue weighted by molar-refractivity contribution is 6.15. The van der Waals surface area contributed by atoms with E-state index in [0.717, 1.165) is 43.8 Å². The first-order valence-corrected chi connectivity index (χ1v) is 9.38. The van der Waals surface area contributed by atoms with Crippen molar-refractivity contribution in [2.45, 2.75) is 18.8 Å². The smallest absolute Gasteiger partial charge is 0.272 e. The minimum Gasteiger partial charge on any atom is -0.394 e. The number of nitrogens with two attached hydrogens (primary N) is 1. The van der Waals surface area contributed by atoms with E-state index in [9.17, 15) is 4.79 Å². The molecule has 0 amide bonds. The first-order chi connectivity index (χ1) is 13.7.